The molecule has 9 nitrogen and oxygen atoms in total. The molecule has 0 saturated heterocycles. The van der Waals surface area contributed by atoms with Crippen molar-refractivity contribution >= 4 is 17.3 Å². The molecule has 3 aromatic rings. The number of anilines is 1. The average molecular weight is 450 g/mol. The highest BCUT2D eigenvalue weighted by atomic mass is 16.6. The summed E-state index contributed by atoms with van der Waals surface area (Å²) in [5, 5.41) is 14.1. The Morgan fingerprint density at radius 2 is 1.76 bits per heavy atom. The third-order valence-corrected chi connectivity index (χ3v) is 5.06. The number of nitrogens with zero attached hydrogens (tertiary/aromatic N) is 1. The number of hydrogen-bond donors (Lipinski definition) is 1. The largest absolute Gasteiger partial charge is 0.497 e. The molecule has 0 saturated carbocycles. The number of hydrogen-bond acceptors (Lipinski definition) is 7. The number of nitro benzene ring substituents is 1. The van der Waals surface area contributed by atoms with Crippen LogP contribution in [-0.2, 0) is 4.79 Å². The molecule has 170 valence electrons. The van der Waals surface area contributed by atoms with E-state index in [1.165, 1.54) is 18.2 Å². The van der Waals surface area contributed by atoms with Crippen LogP contribution in [0.5, 0.6) is 23.0 Å². The molecule has 1 N–H and O–H groups in total. The molecular weight excluding hydrogens is 428 g/mol. The predicted molar refractivity (Wildman–Crippen MR) is 121 cm³/mol. The Balaban J connectivity index is 1.54. The predicted octanol–water partition coefficient (Wildman–Crippen LogP) is 4.45. The molecule has 1 aliphatic heterocycles. The van der Waals surface area contributed by atoms with Crippen molar-refractivity contribution in [3.05, 3.63) is 70.8 Å². The summed E-state index contributed by atoms with van der Waals surface area (Å²) in [6, 6.07) is 16.4. The number of benzene rings is 3. The standard InChI is InChI=1S/C24H22N2O7/c1-15(24(27)25-17-5-9-22-23(13-17)32-12-11-31-22)33-21-10-6-18(26(28)29)14-20(21)16-3-7-19(30-2)8-4-16/h3-10,13-15H,11-12H2,1-2H3,(H,25,27)/t15-/m0/s1. The van der Waals surface area contributed by atoms with Gasteiger partial charge in [0.1, 0.15) is 24.7 Å². The summed E-state index contributed by atoms with van der Waals surface area (Å²) in [5.74, 6) is 1.79. The SMILES string of the molecule is COc1ccc(-c2cc([N+](=O)[O-])ccc2O[C@@H](C)C(=O)Nc2ccc3c(c2)OCCO3)cc1. The minimum absolute atomic E-state index is 0.0819. The number of nitro groups is 1. The van der Waals surface area contributed by atoms with Gasteiger partial charge in [-0.15, -0.1) is 0 Å². The molecule has 0 fully saturated rings. The number of amides is 1. The number of non-ortho nitro benzene ring substituents is 1. The van der Waals surface area contributed by atoms with Gasteiger partial charge in [0, 0.05) is 29.4 Å². The first-order valence-electron chi connectivity index (χ1n) is 10.2. The molecular formula is C24H22N2O7. The molecule has 1 atom stereocenters. The Morgan fingerprint density at radius 3 is 2.45 bits per heavy atom. The molecule has 0 aromatic heterocycles. The van der Waals surface area contributed by atoms with E-state index in [-0.39, 0.29) is 11.6 Å². The fourth-order valence-electron chi connectivity index (χ4n) is 3.34. The number of rotatable bonds is 7. The number of carbonyl (C=O) groups is 1. The molecule has 1 heterocycles. The molecule has 1 aliphatic rings. The Bertz CT molecular complexity index is 1180. The number of ether oxygens (including phenoxy) is 4. The van der Waals surface area contributed by atoms with Gasteiger partial charge in [-0.2, -0.15) is 0 Å². The minimum atomic E-state index is -0.878. The maximum atomic E-state index is 12.8. The molecule has 1 amide bonds. The smallest absolute Gasteiger partial charge is 0.270 e. The summed E-state index contributed by atoms with van der Waals surface area (Å²) in [4.78, 5) is 23.6. The normalized spacial score (nSPS) is 13.0. The van der Waals surface area contributed by atoms with Crippen molar-refractivity contribution in [3.8, 4) is 34.1 Å². The molecule has 4 rings (SSSR count). The molecule has 3 aromatic carbocycles. The Labute approximate surface area is 190 Å². The van der Waals surface area contributed by atoms with Crippen molar-refractivity contribution in [2.75, 3.05) is 25.6 Å². The molecule has 0 spiro atoms. The van der Waals surface area contributed by atoms with Gasteiger partial charge >= 0.3 is 0 Å². The van der Waals surface area contributed by atoms with E-state index in [0.29, 0.717) is 53.0 Å². The second kappa shape index (κ2) is 9.47. The van der Waals surface area contributed by atoms with Crippen LogP contribution in [0, 0.1) is 10.1 Å². The van der Waals surface area contributed by atoms with Crippen LogP contribution in [0.15, 0.2) is 60.7 Å². The second-order valence-electron chi connectivity index (χ2n) is 7.27. The van der Waals surface area contributed by atoms with E-state index in [4.69, 9.17) is 18.9 Å². The Kier molecular flexibility index (Phi) is 6.30. The van der Waals surface area contributed by atoms with Gasteiger partial charge < -0.3 is 24.3 Å². The van der Waals surface area contributed by atoms with Crippen molar-refractivity contribution in [3.63, 3.8) is 0 Å². The van der Waals surface area contributed by atoms with Crippen molar-refractivity contribution < 1.29 is 28.7 Å². The van der Waals surface area contributed by atoms with E-state index in [1.54, 1.807) is 56.5 Å². The highest BCUT2D eigenvalue weighted by molar-refractivity contribution is 5.94. The highest BCUT2D eigenvalue weighted by Crippen LogP contribution is 2.35. The lowest BCUT2D eigenvalue weighted by atomic mass is 10.0. The number of carbonyl (C=O) groups excluding carboxylic acids is 1. The zero-order valence-corrected chi connectivity index (χ0v) is 18.1. The van der Waals surface area contributed by atoms with E-state index in [1.807, 2.05) is 0 Å². The van der Waals surface area contributed by atoms with Crippen LogP contribution in [0.2, 0.25) is 0 Å². The van der Waals surface area contributed by atoms with Crippen molar-refractivity contribution in [1.82, 2.24) is 0 Å². The van der Waals surface area contributed by atoms with Gasteiger partial charge in [-0.25, -0.2) is 0 Å². The fraction of sp³-hybridized carbons (Fsp3) is 0.208. The molecule has 0 radical (unpaired) electrons. The summed E-state index contributed by atoms with van der Waals surface area (Å²) in [7, 11) is 1.55. The lowest BCUT2D eigenvalue weighted by Crippen LogP contribution is -2.30. The molecule has 9 heteroatoms. The zero-order valence-electron chi connectivity index (χ0n) is 18.1. The van der Waals surface area contributed by atoms with Gasteiger partial charge in [0.2, 0.25) is 0 Å². The van der Waals surface area contributed by atoms with E-state index in [9.17, 15) is 14.9 Å². The van der Waals surface area contributed by atoms with Crippen LogP contribution in [-0.4, -0.2) is 37.3 Å². The maximum Gasteiger partial charge on any atom is 0.270 e. The van der Waals surface area contributed by atoms with Gasteiger partial charge in [0.05, 0.1) is 12.0 Å². The highest BCUT2D eigenvalue weighted by Gasteiger charge is 2.21. The topological polar surface area (TPSA) is 109 Å². The Hall–Kier alpha value is -4.27. The van der Waals surface area contributed by atoms with Crippen molar-refractivity contribution in [1.29, 1.82) is 0 Å². The van der Waals surface area contributed by atoms with E-state index < -0.39 is 11.0 Å². The van der Waals surface area contributed by atoms with Gasteiger partial charge in [-0.05, 0) is 42.8 Å². The molecule has 0 bridgehead atoms. The fourth-order valence-corrected chi connectivity index (χ4v) is 3.34. The van der Waals surface area contributed by atoms with Crippen LogP contribution in [0.1, 0.15) is 6.92 Å². The number of methoxy groups -OCH3 is 1. The summed E-state index contributed by atoms with van der Waals surface area (Å²) in [6.07, 6.45) is -0.878. The third kappa shape index (κ3) is 4.98. The monoisotopic (exact) mass is 450 g/mol. The van der Waals surface area contributed by atoms with Gasteiger partial charge in [-0.3, -0.25) is 14.9 Å². The maximum absolute atomic E-state index is 12.8. The first-order chi connectivity index (χ1) is 15.9. The van der Waals surface area contributed by atoms with Crippen molar-refractivity contribution in [2.45, 2.75) is 13.0 Å². The average Bonchev–Trinajstić information content (AvgIpc) is 2.84. The first kappa shape index (κ1) is 21.9. The third-order valence-electron chi connectivity index (χ3n) is 5.06. The molecule has 0 unspecified atom stereocenters. The van der Waals surface area contributed by atoms with Gasteiger partial charge in [0.25, 0.3) is 11.6 Å². The molecule has 0 aliphatic carbocycles. The summed E-state index contributed by atoms with van der Waals surface area (Å²) in [6.45, 7) is 2.53. The van der Waals surface area contributed by atoms with Crippen LogP contribution in [0.4, 0.5) is 11.4 Å². The van der Waals surface area contributed by atoms with Crippen LogP contribution < -0.4 is 24.3 Å². The quantitative estimate of drug-likeness (QED) is 0.418. The number of fused-ring (bicyclic) bond motifs is 1. The lowest BCUT2D eigenvalue weighted by Gasteiger charge is -2.20. The van der Waals surface area contributed by atoms with Crippen LogP contribution >= 0.6 is 0 Å². The van der Waals surface area contributed by atoms with Crippen LogP contribution in [0.25, 0.3) is 11.1 Å². The van der Waals surface area contributed by atoms with Crippen LogP contribution in [0.3, 0.4) is 0 Å². The first-order valence-corrected chi connectivity index (χ1v) is 10.2. The summed E-state index contributed by atoms with van der Waals surface area (Å²) < 4.78 is 22.1. The van der Waals surface area contributed by atoms with Crippen molar-refractivity contribution in [2.24, 2.45) is 0 Å². The Morgan fingerprint density at radius 1 is 1.03 bits per heavy atom. The van der Waals surface area contributed by atoms with E-state index >= 15 is 0 Å². The number of nitrogens with one attached hydrogen (secondary N) is 1. The second-order valence-corrected chi connectivity index (χ2v) is 7.27. The van der Waals surface area contributed by atoms with Gasteiger partial charge in [-0.1, -0.05) is 12.1 Å². The zero-order chi connectivity index (χ0) is 23.4. The summed E-state index contributed by atoms with van der Waals surface area (Å²) >= 11 is 0. The lowest BCUT2D eigenvalue weighted by molar-refractivity contribution is -0.384. The van der Waals surface area contributed by atoms with E-state index in [0.717, 1.165) is 0 Å². The molecule has 33 heavy (non-hydrogen) atoms. The minimum Gasteiger partial charge on any atom is -0.497 e. The van der Waals surface area contributed by atoms with Gasteiger partial charge in [0.15, 0.2) is 17.6 Å². The van der Waals surface area contributed by atoms with E-state index in [2.05, 4.69) is 5.32 Å². The summed E-state index contributed by atoms with van der Waals surface area (Å²) in [5.41, 5.74) is 1.64.